The third kappa shape index (κ3) is 5.56. The highest BCUT2D eigenvalue weighted by atomic mass is 32.2. The van der Waals surface area contributed by atoms with E-state index in [1.165, 1.54) is 9.58 Å². The molecule has 2 heterocycles. The van der Waals surface area contributed by atoms with Crippen LogP contribution in [0.1, 0.15) is 26.5 Å². The summed E-state index contributed by atoms with van der Waals surface area (Å²) in [5, 5.41) is 12.3. The highest BCUT2D eigenvalue weighted by molar-refractivity contribution is 7.91. The molecule has 1 aromatic heterocycles. The van der Waals surface area contributed by atoms with Crippen LogP contribution in [-0.2, 0) is 26.6 Å². The van der Waals surface area contributed by atoms with Crippen molar-refractivity contribution >= 4 is 44.1 Å². The SMILES string of the molecule is CC(C)(C)c1cc(NC(=O)Nc2ccc3ccccc3c2)n(CC(=O)N2CCS(=O)(=O)CC2)n1. The number of nitrogens with one attached hydrogen (secondary N) is 2. The molecule has 0 radical (unpaired) electrons. The summed E-state index contributed by atoms with van der Waals surface area (Å²) in [6.45, 7) is 6.23. The predicted octanol–water partition coefficient (Wildman–Crippen LogP) is 3.23. The van der Waals surface area contributed by atoms with E-state index >= 15 is 0 Å². The number of urea groups is 1. The van der Waals surface area contributed by atoms with Gasteiger partial charge in [0, 0.05) is 30.3 Å². The van der Waals surface area contributed by atoms with Gasteiger partial charge in [-0.05, 0) is 22.9 Å². The number of rotatable bonds is 4. The summed E-state index contributed by atoms with van der Waals surface area (Å²) >= 11 is 0. The quantitative estimate of drug-likeness (QED) is 0.592. The Morgan fingerprint density at radius 1 is 0.971 bits per heavy atom. The zero-order valence-electron chi connectivity index (χ0n) is 19.5. The summed E-state index contributed by atoms with van der Waals surface area (Å²) in [5.41, 5.74) is 1.07. The zero-order chi connectivity index (χ0) is 24.5. The molecule has 0 atom stereocenters. The fourth-order valence-corrected chi connectivity index (χ4v) is 4.94. The second kappa shape index (κ2) is 9.09. The van der Waals surface area contributed by atoms with Gasteiger partial charge < -0.3 is 10.2 Å². The Balaban J connectivity index is 1.50. The van der Waals surface area contributed by atoms with Gasteiger partial charge >= 0.3 is 6.03 Å². The molecule has 180 valence electrons. The van der Waals surface area contributed by atoms with E-state index in [4.69, 9.17) is 0 Å². The zero-order valence-corrected chi connectivity index (χ0v) is 20.4. The molecule has 0 unspecified atom stereocenters. The molecule has 0 spiro atoms. The number of nitrogens with zero attached hydrogens (tertiary/aromatic N) is 3. The van der Waals surface area contributed by atoms with Crippen LogP contribution in [0.3, 0.4) is 0 Å². The van der Waals surface area contributed by atoms with Gasteiger partial charge in [-0.2, -0.15) is 5.10 Å². The molecule has 3 amide bonds. The number of amides is 3. The Morgan fingerprint density at radius 2 is 1.65 bits per heavy atom. The largest absolute Gasteiger partial charge is 0.339 e. The Kier molecular flexibility index (Phi) is 6.35. The Labute approximate surface area is 199 Å². The standard InChI is InChI=1S/C24H29N5O4S/c1-24(2,3)20-15-21(29(27-20)16-22(30)28-10-12-34(32,33)13-11-28)26-23(31)25-19-9-8-17-6-4-5-7-18(17)14-19/h4-9,14-15H,10-13,16H2,1-3H3,(H2,25,26,31). The summed E-state index contributed by atoms with van der Waals surface area (Å²) < 4.78 is 24.8. The molecule has 0 aliphatic carbocycles. The Morgan fingerprint density at radius 3 is 2.32 bits per heavy atom. The fraction of sp³-hybridized carbons (Fsp3) is 0.375. The number of carbonyl (C=O) groups excluding carboxylic acids is 2. The van der Waals surface area contributed by atoms with Crippen LogP contribution in [0.2, 0.25) is 0 Å². The summed E-state index contributed by atoms with van der Waals surface area (Å²) in [7, 11) is -3.09. The van der Waals surface area contributed by atoms with Gasteiger partial charge in [0.1, 0.15) is 12.4 Å². The molecule has 1 fully saturated rings. The molecule has 3 aromatic rings. The average Bonchev–Trinajstić information content (AvgIpc) is 3.16. The van der Waals surface area contributed by atoms with Gasteiger partial charge in [-0.25, -0.2) is 17.9 Å². The van der Waals surface area contributed by atoms with Crippen LogP contribution in [0.5, 0.6) is 0 Å². The van der Waals surface area contributed by atoms with Crippen LogP contribution in [0, 0.1) is 0 Å². The van der Waals surface area contributed by atoms with Gasteiger partial charge in [-0.1, -0.05) is 51.1 Å². The van der Waals surface area contributed by atoms with E-state index in [0.29, 0.717) is 11.5 Å². The molecule has 0 saturated carbocycles. The lowest BCUT2D eigenvalue weighted by Gasteiger charge is -2.27. The fourth-order valence-electron chi connectivity index (χ4n) is 3.74. The number of hydrogen-bond acceptors (Lipinski definition) is 5. The number of aromatic nitrogens is 2. The van der Waals surface area contributed by atoms with Crippen molar-refractivity contribution < 1.29 is 18.0 Å². The third-order valence-corrected chi connectivity index (χ3v) is 7.39. The molecule has 1 saturated heterocycles. The van der Waals surface area contributed by atoms with Crippen molar-refractivity contribution in [3.63, 3.8) is 0 Å². The number of fused-ring (bicyclic) bond motifs is 1. The second-order valence-corrected chi connectivity index (χ2v) is 11.8. The monoisotopic (exact) mass is 483 g/mol. The molecule has 10 heteroatoms. The van der Waals surface area contributed by atoms with Crippen molar-refractivity contribution in [2.75, 3.05) is 35.2 Å². The van der Waals surface area contributed by atoms with Crippen molar-refractivity contribution in [1.82, 2.24) is 14.7 Å². The number of anilines is 2. The highest BCUT2D eigenvalue weighted by Crippen LogP contribution is 2.25. The van der Waals surface area contributed by atoms with Gasteiger partial charge in [0.05, 0.1) is 17.2 Å². The molecule has 2 aromatic carbocycles. The van der Waals surface area contributed by atoms with Crippen LogP contribution in [0.25, 0.3) is 10.8 Å². The van der Waals surface area contributed by atoms with E-state index in [-0.39, 0.29) is 42.5 Å². The summed E-state index contributed by atoms with van der Waals surface area (Å²) in [5.74, 6) is 0.0759. The molecule has 9 nitrogen and oxygen atoms in total. The maximum Gasteiger partial charge on any atom is 0.324 e. The lowest BCUT2D eigenvalue weighted by atomic mass is 9.92. The normalized spacial score (nSPS) is 15.8. The van der Waals surface area contributed by atoms with Crippen molar-refractivity contribution in [2.24, 2.45) is 0 Å². The van der Waals surface area contributed by atoms with Gasteiger partial charge in [0.25, 0.3) is 0 Å². The first kappa shape index (κ1) is 23.7. The maximum atomic E-state index is 12.8. The summed E-state index contributed by atoms with van der Waals surface area (Å²) in [6.07, 6.45) is 0. The summed E-state index contributed by atoms with van der Waals surface area (Å²) in [4.78, 5) is 27.1. The first-order chi connectivity index (χ1) is 16.0. The minimum absolute atomic E-state index is 0.0373. The van der Waals surface area contributed by atoms with E-state index in [0.717, 1.165) is 16.5 Å². The molecule has 1 aliphatic heterocycles. The Bertz CT molecular complexity index is 1330. The summed E-state index contributed by atoms with van der Waals surface area (Å²) in [6, 6.07) is 14.8. The lowest BCUT2D eigenvalue weighted by molar-refractivity contribution is -0.131. The average molecular weight is 484 g/mol. The van der Waals surface area contributed by atoms with Crippen LogP contribution >= 0.6 is 0 Å². The van der Waals surface area contributed by atoms with Gasteiger partial charge in [0.15, 0.2) is 9.84 Å². The molecular weight excluding hydrogens is 454 g/mol. The molecule has 4 rings (SSSR count). The topological polar surface area (TPSA) is 113 Å². The van der Waals surface area contributed by atoms with E-state index < -0.39 is 15.9 Å². The number of benzene rings is 2. The number of sulfone groups is 1. The van der Waals surface area contributed by atoms with Gasteiger partial charge in [-0.3, -0.25) is 10.1 Å². The minimum atomic E-state index is -3.09. The van der Waals surface area contributed by atoms with Crippen molar-refractivity contribution in [3.05, 3.63) is 54.2 Å². The molecule has 2 N–H and O–H groups in total. The molecule has 34 heavy (non-hydrogen) atoms. The molecular formula is C24H29N5O4S. The van der Waals surface area contributed by atoms with Crippen LogP contribution in [0.15, 0.2) is 48.5 Å². The first-order valence-electron chi connectivity index (χ1n) is 11.1. The lowest BCUT2D eigenvalue weighted by Crippen LogP contribution is -2.45. The Hall–Kier alpha value is -3.40. The van der Waals surface area contributed by atoms with Crippen molar-refractivity contribution in [1.29, 1.82) is 0 Å². The molecule has 1 aliphatic rings. The maximum absolute atomic E-state index is 12.8. The van der Waals surface area contributed by atoms with E-state index in [2.05, 4.69) is 15.7 Å². The van der Waals surface area contributed by atoms with Crippen molar-refractivity contribution in [2.45, 2.75) is 32.7 Å². The van der Waals surface area contributed by atoms with Crippen LogP contribution in [-0.4, -0.2) is 59.6 Å². The first-order valence-corrected chi connectivity index (χ1v) is 13.0. The van der Waals surface area contributed by atoms with Crippen molar-refractivity contribution in [3.8, 4) is 0 Å². The van der Waals surface area contributed by atoms with Crippen LogP contribution < -0.4 is 10.6 Å². The number of hydrogen-bond donors (Lipinski definition) is 2. The van der Waals surface area contributed by atoms with E-state index in [1.807, 2.05) is 63.2 Å². The highest BCUT2D eigenvalue weighted by Gasteiger charge is 2.27. The smallest absolute Gasteiger partial charge is 0.324 e. The number of carbonyl (C=O) groups is 2. The predicted molar refractivity (Wildman–Crippen MR) is 133 cm³/mol. The molecule has 0 bridgehead atoms. The van der Waals surface area contributed by atoms with Gasteiger partial charge in [0.2, 0.25) is 5.91 Å². The minimum Gasteiger partial charge on any atom is -0.339 e. The third-order valence-electron chi connectivity index (χ3n) is 5.78. The van der Waals surface area contributed by atoms with Crippen LogP contribution in [0.4, 0.5) is 16.3 Å². The van der Waals surface area contributed by atoms with E-state index in [9.17, 15) is 18.0 Å². The second-order valence-electron chi connectivity index (χ2n) is 9.50. The van der Waals surface area contributed by atoms with Gasteiger partial charge in [-0.15, -0.1) is 0 Å². The van der Waals surface area contributed by atoms with E-state index in [1.54, 1.807) is 6.07 Å².